The molecule has 0 amide bonds. The minimum atomic E-state index is -4.18. The molecule has 0 atom stereocenters. The molecule has 1 aromatic carbocycles. The van der Waals surface area contributed by atoms with Gasteiger partial charge in [0.25, 0.3) is 0 Å². The Bertz CT molecular complexity index is 494. The van der Waals surface area contributed by atoms with Gasteiger partial charge < -0.3 is 15.0 Å². The van der Waals surface area contributed by atoms with Crippen molar-refractivity contribution in [1.82, 2.24) is 15.1 Å². The van der Waals surface area contributed by atoms with Gasteiger partial charge >= 0.3 is 6.18 Å². The van der Waals surface area contributed by atoms with Crippen molar-refractivity contribution in [3.63, 3.8) is 0 Å². The molecule has 0 heterocycles. The second-order valence-corrected chi connectivity index (χ2v) is 5.41. The average Bonchev–Trinajstić information content (AvgIpc) is 2.50. The zero-order chi connectivity index (χ0) is 18.0. The van der Waals surface area contributed by atoms with Crippen molar-refractivity contribution in [3.05, 3.63) is 30.3 Å². The highest BCUT2D eigenvalue weighted by Crippen LogP contribution is 2.15. The maximum atomic E-state index is 12.3. The number of nitrogens with zero attached hydrogens (tertiary/aromatic N) is 3. The molecule has 0 spiro atoms. The van der Waals surface area contributed by atoms with E-state index in [-0.39, 0.29) is 6.54 Å². The van der Waals surface area contributed by atoms with Crippen LogP contribution in [0.5, 0.6) is 5.75 Å². The first-order valence-corrected chi connectivity index (χ1v) is 7.67. The number of aliphatic imine (C=N–C) groups is 1. The number of ether oxygens (including phenoxy) is 1. The molecule has 5 nitrogen and oxygen atoms in total. The van der Waals surface area contributed by atoms with E-state index >= 15 is 0 Å². The molecular formula is C16H25F3N4O. The molecule has 0 bridgehead atoms. The van der Waals surface area contributed by atoms with Gasteiger partial charge in [-0.3, -0.25) is 9.89 Å². The molecule has 0 radical (unpaired) electrons. The second-order valence-electron chi connectivity index (χ2n) is 5.41. The van der Waals surface area contributed by atoms with Crippen LogP contribution >= 0.6 is 0 Å². The third-order valence-corrected chi connectivity index (χ3v) is 3.24. The van der Waals surface area contributed by atoms with Gasteiger partial charge in [-0.25, -0.2) is 0 Å². The summed E-state index contributed by atoms with van der Waals surface area (Å²) in [5.74, 6) is 1.41. The van der Waals surface area contributed by atoms with Gasteiger partial charge in [-0.15, -0.1) is 0 Å². The summed E-state index contributed by atoms with van der Waals surface area (Å²) < 4.78 is 42.4. The van der Waals surface area contributed by atoms with Crippen LogP contribution < -0.4 is 10.1 Å². The highest BCUT2D eigenvalue weighted by molar-refractivity contribution is 5.79. The lowest BCUT2D eigenvalue weighted by atomic mass is 10.3. The number of likely N-dealkylation sites (N-methyl/N-ethyl adjacent to an activating group) is 2. The fourth-order valence-electron chi connectivity index (χ4n) is 2.05. The SMILES string of the molecule is CN=C(NCCN(C)CC(F)(F)F)N(C)CCOc1ccccc1. The highest BCUT2D eigenvalue weighted by atomic mass is 19.4. The first kappa shape index (κ1) is 20.1. The van der Waals surface area contributed by atoms with Gasteiger partial charge in [0.1, 0.15) is 12.4 Å². The number of halogens is 3. The first-order valence-electron chi connectivity index (χ1n) is 7.67. The van der Waals surface area contributed by atoms with Crippen LogP contribution in [-0.2, 0) is 0 Å². The zero-order valence-electron chi connectivity index (χ0n) is 14.3. The summed E-state index contributed by atoms with van der Waals surface area (Å²) in [6.07, 6.45) is -4.18. The molecular weight excluding hydrogens is 321 g/mol. The second kappa shape index (κ2) is 10.0. The van der Waals surface area contributed by atoms with Gasteiger partial charge in [-0.05, 0) is 19.2 Å². The van der Waals surface area contributed by atoms with Gasteiger partial charge in [0.15, 0.2) is 5.96 Å². The number of guanidine groups is 1. The van der Waals surface area contributed by atoms with Crippen LogP contribution in [0.4, 0.5) is 13.2 Å². The number of alkyl halides is 3. The van der Waals surface area contributed by atoms with E-state index in [1.54, 1.807) is 7.05 Å². The molecule has 0 saturated carbocycles. The lowest BCUT2D eigenvalue weighted by Crippen LogP contribution is -2.44. The van der Waals surface area contributed by atoms with Crippen molar-refractivity contribution in [2.75, 3.05) is 53.9 Å². The Morgan fingerprint density at radius 1 is 1.17 bits per heavy atom. The fraction of sp³-hybridized carbons (Fsp3) is 0.562. The smallest absolute Gasteiger partial charge is 0.401 e. The molecule has 0 fully saturated rings. The highest BCUT2D eigenvalue weighted by Gasteiger charge is 2.28. The van der Waals surface area contributed by atoms with Crippen molar-refractivity contribution >= 4 is 5.96 Å². The minimum absolute atomic E-state index is 0.271. The van der Waals surface area contributed by atoms with E-state index in [9.17, 15) is 13.2 Å². The van der Waals surface area contributed by atoms with Crippen LogP contribution in [0.15, 0.2) is 35.3 Å². The predicted octanol–water partition coefficient (Wildman–Crippen LogP) is 2.07. The Morgan fingerprint density at radius 3 is 2.42 bits per heavy atom. The predicted molar refractivity (Wildman–Crippen MR) is 89.5 cm³/mol. The average molecular weight is 346 g/mol. The van der Waals surface area contributed by atoms with Crippen molar-refractivity contribution in [3.8, 4) is 5.75 Å². The Kier molecular flexibility index (Phi) is 8.39. The van der Waals surface area contributed by atoms with E-state index in [4.69, 9.17) is 4.74 Å². The Hall–Kier alpha value is -1.96. The third-order valence-electron chi connectivity index (χ3n) is 3.24. The van der Waals surface area contributed by atoms with Crippen LogP contribution in [0.2, 0.25) is 0 Å². The van der Waals surface area contributed by atoms with Gasteiger partial charge in [0.05, 0.1) is 13.1 Å². The molecule has 0 saturated heterocycles. The van der Waals surface area contributed by atoms with Crippen molar-refractivity contribution in [1.29, 1.82) is 0 Å². The molecule has 0 aliphatic rings. The standard InChI is InChI=1S/C16H25F3N4O/c1-20-15(21-9-10-22(2)13-16(17,18)19)23(3)11-12-24-14-7-5-4-6-8-14/h4-8H,9-13H2,1-3H3,(H,20,21). The summed E-state index contributed by atoms with van der Waals surface area (Å²) in [5.41, 5.74) is 0. The largest absolute Gasteiger partial charge is 0.492 e. The zero-order valence-corrected chi connectivity index (χ0v) is 14.3. The maximum Gasteiger partial charge on any atom is 0.401 e. The molecule has 8 heteroatoms. The topological polar surface area (TPSA) is 40.1 Å². The Balaban J connectivity index is 2.27. The van der Waals surface area contributed by atoms with Crippen LogP contribution in [0.3, 0.4) is 0 Å². The number of hydrogen-bond acceptors (Lipinski definition) is 3. The number of hydrogen-bond donors (Lipinski definition) is 1. The maximum absolute atomic E-state index is 12.3. The molecule has 1 aromatic rings. The van der Waals surface area contributed by atoms with E-state index in [0.29, 0.717) is 25.7 Å². The lowest BCUT2D eigenvalue weighted by molar-refractivity contribution is -0.142. The van der Waals surface area contributed by atoms with Crippen LogP contribution in [0, 0.1) is 0 Å². The van der Waals surface area contributed by atoms with Gasteiger partial charge in [0.2, 0.25) is 0 Å². The van der Waals surface area contributed by atoms with E-state index in [1.807, 2.05) is 42.3 Å². The molecule has 0 aromatic heterocycles. The van der Waals surface area contributed by atoms with E-state index in [0.717, 1.165) is 5.75 Å². The normalized spacial score (nSPS) is 12.4. The lowest BCUT2D eigenvalue weighted by Gasteiger charge is -2.24. The Morgan fingerprint density at radius 2 is 1.83 bits per heavy atom. The summed E-state index contributed by atoms with van der Waals surface area (Å²) in [5, 5.41) is 3.05. The van der Waals surface area contributed by atoms with Crippen LogP contribution in [-0.4, -0.2) is 75.9 Å². The van der Waals surface area contributed by atoms with Gasteiger partial charge in [-0.1, -0.05) is 18.2 Å². The Labute approximate surface area is 141 Å². The molecule has 0 unspecified atom stereocenters. The minimum Gasteiger partial charge on any atom is -0.492 e. The first-order chi connectivity index (χ1) is 11.3. The molecule has 1 N–H and O–H groups in total. The number of rotatable bonds is 8. The molecule has 136 valence electrons. The molecule has 24 heavy (non-hydrogen) atoms. The number of benzene rings is 1. The van der Waals surface area contributed by atoms with Crippen LogP contribution in [0.1, 0.15) is 0 Å². The quantitative estimate of drug-likeness (QED) is 0.578. The molecule has 1 rings (SSSR count). The van der Waals surface area contributed by atoms with E-state index in [1.165, 1.54) is 11.9 Å². The van der Waals surface area contributed by atoms with Gasteiger partial charge in [-0.2, -0.15) is 13.2 Å². The summed E-state index contributed by atoms with van der Waals surface area (Å²) in [4.78, 5) is 7.21. The molecule has 0 aliphatic carbocycles. The summed E-state index contributed by atoms with van der Waals surface area (Å²) in [6, 6.07) is 9.47. The van der Waals surface area contributed by atoms with Gasteiger partial charge in [0, 0.05) is 27.2 Å². The number of nitrogens with one attached hydrogen (secondary N) is 1. The molecule has 0 aliphatic heterocycles. The van der Waals surface area contributed by atoms with Crippen molar-refractivity contribution in [2.45, 2.75) is 6.18 Å². The number of para-hydroxylation sites is 1. The summed E-state index contributed by atoms with van der Waals surface area (Å²) in [7, 11) is 4.93. The third kappa shape index (κ3) is 8.61. The summed E-state index contributed by atoms with van der Waals surface area (Å²) >= 11 is 0. The van der Waals surface area contributed by atoms with E-state index < -0.39 is 12.7 Å². The summed E-state index contributed by atoms with van der Waals surface area (Å²) in [6.45, 7) is 0.812. The van der Waals surface area contributed by atoms with Crippen molar-refractivity contribution in [2.24, 2.45) is 4.99 Å². The van der Waals surface area contributed by atoms with Crippen molar-refractivity contribution < 1.29 is 17.9 Å². The monoisotopic (exact) mass is 346 g/mol. The van der Waals surface area contributed by atoms with E-state index in [2.05, 4.69) is 10.3 Å². The fourth-order valence-corrected chi connectivity index (χ4v) is 2.05. The van der Waals surface area contributed by atoms with Crippen LogP contribution in [0.25, 0.3) is 0 Å².